The van der Waals surface area contributed by atoms with Crippen molar-refractivity contribution in [2.45, 2.75) is 38.1 Å². The lowest BCUT2D eigenvalue weighted by molar-refractivity contribution is 0.671. The Morgan fingerprint density at radius 1 is 1.32 bits per heavy atom. The van der Waals surface area contributed by atoms with Crippen LogP contribution in [0.4, 0.5) is 5.69 Å². The molecule has 5 heteroatoms. The zero-order valence-electron chi connectivity index (χ0n) is 10.7. The van der Waals surface area contributed by atoms with E-state index < -0.39 is 0 Å². The number of halogens is 1. The van der Waals surface area contributed by atoms with Gasteiger partial charge >= 0.3 is 0 Å². The molecule has 3 rings (SSSR count). The molecule has 2 N–H and O–H groups in total. The number of nitrogens with zero attached hydrogens (tertiary/aromatic N) is 2. The highest BCUT2D eigenvalue weighted by molar-refractivity contribution is 6.30. The summed E-state index contributed by atoms with van der Waals surface area (Å²) >= 11 is 5.94. The van der Waals surface area contributed by atoms with E-state index in [9.17, 15) is 0 Å². The maximum Gasteiger partial charge on any atom is 0.153 e. The number of hydrogen-bond donors (Lipinski definition) is 2. The zero-order valence-corrected chi connectivity index (χ0v) is 11.5. The Labute approximate surface area is 117 Å². The topological polar surface area (TPSA) is 53.6 Å². The lowest BCUT2D eigenvalue weighted by Crippen LogP contribution is -2.01. The van der Waals surface area contributed by atoms with Gasteiger partial charge in [0.05, 0.1) is 6.54 Å². The van der Waals surface area contributed by atoms with Gasteiger partial charge in [0.25, 0.3) is 0 Å². The highest BCUT2D eigenvalue weighted by atomic mass is 35.5. The lowest BCUT2D eigenvalue weighted by atomic mass is 10.1. The van der Waals surface area contributed by atoms with Crippen molar-refractivity contribution in [3.05, 3.63) is 40.9 Å². The highest BCUT2D eigenvalue weighted by Crippen LogP contribution is 2.31. The molecule has 0 radical (unpaired) electrons. The Morgan fingerprint density at radius 3 is 2.95 bits per heavy atom. The third-order valence-corrected chi connectivity index (χ3v) is 3.79. The molecule has 1 aliphatic rings. The molecule has 0 atom stereocenters. The Bertz CT molecular complexity index is 546. The first kappa shape index (κ1) is 12.5. The third-order valence-electron chi connectivity index (χ3n) is 3.55. The molecule has 1 aromatic heterocycles. The molecule has 1 heterocycles. The summed E-state index contributed by atoms with van der Waals surface area (Å²) in [7, 11) is 0. The van der Waals surface area contributed by atoms with Crippen LogP contribution in [0.3, 0.4) is 0 Å². The molecular formula is C14H17ClN4. The molecule has 100 valence electrons. The second kappa shape index (κ2) is 5.61. The summed E-state index contributed by atoms with van der Waals surface area (Å²) in [6.07, 6.45) is 5.04. The number of nitrogens with one attached hydrogen (secondary N) is 2. The van der Waals surface area contributed by atoms with E-state index in [1.54, 1.807) is 0 Å². The van der Waals surface area contributed by atoms with Crippen molar-refractivity contribution >= 4 is 17.3 Å². The molecule has 0 spiro atoms. The summed E-state index contributed by atoms with van der Waals surface area (Å²) < 4.78 is 0. The van der Waals surface area contributed by atoms with Gasteiger partial charge in [0.1, 0.15) is 5.82 Å². The van der Waals surface area contributed by atoms with Gasteiger partial charge < -0.3 is 5.32 Å². The molecule has 19 heavy (non-hydrogen) atoms. The van der Waals surface area contributed by atoms with Crippen molar-refractivity contribution in [3.63, 3.8) is 0 Å². The molecule has 0 unspecified atom stereocenters. The maximum absolute atomic E-state index is 5.94. The van der Waals surface area contributed by atoms with Crippen LogP contribution in [-0.2, 0) is 6.54 Å². The third kappa shape index (κ3) is 3.07. The standard InChI is InChI=1S/C14H17ClN4/c15-11-6-3-7-12(8-11)16-9-13-17-14(19-18-13)10-4-1-2-5-10/h3,6-8,10,16H,1-2,4-5,9H2,(H,17,18,19). The van der Waals surface area contributed by atoms with Crippen molar-refractivity contribution in [2.75, 3.05) is 5.32 Å². The molecule has 4 nitrogen and oxygen atoms in total. The van der Waals surface area contributed by atoms with Crippen molar-refractivity contribution in [1.82, 2.24) is 15.2 Å². The summed E-state index contributed by atoms with van der Waals surface area (Å²) in [5, 5.41) is 11.4. The molecule has 1 fully saturated rings. The molecule has 0 aliphatic heterocycles. The zero-order chi connectivity index (χ0) is 13.1. The summed E-state index contributed by atoms with van der Waals surface area (Å²) in [5.41, 5.74) is 0.992. The minimum absolute atomic E-state index is 0.552. The van der Waals surface area contributed by atoms with Gasteiger partial charge in [-0.05, 0) is 31.0 Å². The van der Waals surface area contributed by atoms with Crippen LogP contribution in [0.25, 0.3) is 0 Å². The predicted molar refractivity (Wildman–Crippen MR) is 76.4 cm³/mol. The quantitative estimate of drug-likeness (QED) is 0.895. The summed E-state index contributed by atoms with van der Waals surface area (Å²) in [6.45, 7) is 0.639. The van der Waals surface area contributed by atoms with Crippen molar-refractivity contribution < 1.29 is 0 Å². The van der Waals surface area contributed by atoms with Crippen LogP contribution in [0.15, 0.2) is 24.3 Å². The molecule has 1 aromatic carbocycles. The van der Waals surface area contributed by atoms with Crippen LogP contribution in [0.5, 0.6) is 0 Å². The van der Waals surface area contributed by atoms with Gasteiger partial charge in [-0.1, -0.05) is 30.5 Å². The second-order valence-corrected chi connectivity index (χ2v) is 5.42. The van der Waals surface area contributed by atoms with Crippen molar-refractivity contribution in [2.24, 2.45) is 0 Å². The first-order valence-corrected chi connectivity index (χ1v) is 7.10. The minimum atomic E-state index is 0.552. The Kier molecular flexibility index (Phi) is 3.69. The van der Waals surface area contributed by atoms with E-state index in [0.717, 1.165) is 22.4 Å². The van der Waals surface area contributed by atoms with E-state index in [0.29, 0.717) is 12.5 Å². The molecular weight excluding hydrogens is 260 g/mol. The minimum Gasteiger partial charge on any atom is -0.378 e. The fourth-order valence-electron chi connectivity index (χ4n) is 2.54. The number of aromatic nitrogens is 3. The summed E-state index contributed by atoms with van der Waals surface area (Å²) in [6, 6.07) is 7.67. The van der Waals surface area contributed by atoms with E-state index in [2.05, 4.69) is 20.5 Å². The molecule has 0 amide bonds. The number of H-pyrrole nitrogens is 1. The van der Waals surface area contributed by atoms with Crippen LogP contribution in [0.1, 0.15) is 43.3 Å². The fourth-order valence-corrected chi connectivity index (χ4v) is 2.73. The lowest BCUT2D eigenvalue weighted by Gasteiger charge is -2.04. The Morgan fingerprint density at radius 2 is 2.16 bits per heavy atom. The number of rotatable bonds is 4. The first-order valence-electron chi connectivity index (χ1n) is 6.72. The number of anilines is 1. The molecule has 1 saturated carbocycles. The smallest absolute Gasteiger partial charge is 0.153 e. The van der Waals surface area contributed by atoms with Gasteiger partial charge in [0.2, 0.25) is 0 Å². The number of benzene rings is 1. The van der Waals surface area contributed by atoms with Crippen LogP contribution in [-0.4, -0.2) is 15.2 Å². The van der Waals surface area contributed by atoms with Gasteiger partial charge in [-0.3, -0.25) is 5.10 Å². The van der Waals surface area contributed by atoms with Gasteiger partial charge in [-0.15, -0.1) is 0 Å². The first-order chi connectivity index (χ1) is 9.31. The van der Waals surface area contributed by atoms with E-state index in [1.807, 2.05) is 24.3 Å². The SMILES string of the molecule is Clc1cccc(NCc2nc(C3CCCC3)n[nH]2)c1. The van der Waals surface area contributed by atoms with E-state index >= 15 is 0 Å². The average molecular weight is 277 g/mol. The summed E-state index contributed by atoms with van der Waals surface area (Å²) in [4.78, 5) is 4.57. The molecule has 1 aliphatic carbocycles. The predicted octanol–water partition coefficient (Wildman–Crippen LogP) is 3.73. The van der Waals surface area contributed by atoms with Crippen LogP contribution >= 0.6 is 11.6 Å². The highest BCUT2D eigenvalue weighted by Gasteiger charge is 2.20. The van der Waals surface area contributed by atoms with Crippen LogP contribution in [0, 0.1) is 0 Å². The van der Waals surface area contributed by atoms with Gasteiger partial charge in [0, 0.05) is 16.6 Å². The summed E-state index contributed by atoms with van der Waals surface area (Å²) in [5.74, 6) is 2.40. The molecule has 0 saturated heterocycles. The fraction of sp³-hybridized carbons (Fsp3) is 0.429. The van der Waals surface area contributed by atoms with Gasteiger partial charge in [-0.25, -0.2) is 4.98 Å². The van der Waals surface area contributed by atoms with E-state index in [1.165, 1.54) is 25.7 Å². The Hall–Kier alpha value is -1.55. The monoisotopic (exact) mass is 276 g/mol. The van der Waals surface area contributed by atoms with E-state index in [4.69, 9.17) is 11.6 Å². The maximum atomic E-state index is 5.94. The van der Waals surface area contributed by atoms with Gasteiger partial charge in [-0.2, -0.15) is 5.10 Å². The van der Waals surface area contributed by atoms with Crippen molar-refractivity contribution in [1.29, 1.82) is 0 Å². The average Bonchev–Trinajstić information content (AvgIpc) is 3.07. The van der Waals surface area contributed by atoms with Gasteiger partial charge in [0.15, 0.2) is 5.82 Å². The number of hydrogen-bond acceptors (Lipinski definition) is 3. The molecule has 2 aromatic rings. The molecule has 0 bridgehead atoms. The van der Waals surface area contributed by atoms with Crippen molar-refractivity contribution in [3.8, 4) is 0 Å². The van der Waals surface area contributed by atoms with Crippen LogP contribution in [0.2, 0.25) is 5.02 Å². The largest absolute Gasteiger partial charge is 0.378 e. The Balaban J connectivity index is 1.61. The van der Waals surface area contributed by atoms with Crippen LogP contribution < -0.4 is 5.32 Å². The second-order valence-electron chi connectivity index (χ2n) is 4.99. The normalized spacial score (nSPS) is 15.8. The number of aromatic amines is 1. The van der Waals surface area contributed by atoms with E-state index in [-0.39, 0.29) is 0 Å².